The van der Waals surface area contributed by atoms with Crippen LogP contribution in [0.15, 0.2) is 0 Å². The molecule has 1 unspecified atom stereocenters. The Labute approximate surface area is 98.8 Å². The molecule has 0 fully saturated rings. The zero-order chi connectivity index (χ0) is 12.8. The van der Waals surface area contributed by atoms with E-state index in [-0.39, 0.29) is 0 Å². The smallest absolute Gasteiger partial charge is 0.324 e. The molecular formula is C12H26N2O2. The van der Waals surface area contributed by atoms with Gasteiger partial charge in [0.1, 0.15) is 5.54 Å². The fourth-order valence-corrected chi connectivity index (χ4v) is 1.57. The Hall–Kier alpha value is -0.610. The van der Waals surface area contributed by atoms with Crippen molar-refractivity contribution in [2.45, 2.75) is 58.5 Å². The molecule has 1 atom stereocenters. The van der Waals surface area contributed by atoms with Crippen LogP contribution in [0.1, 0.15) is 47.0 Å². The summed E-state index contributed by atoms with van der Waals surface area (Å²) < 4.78 is 0. The van der Waals surface area contributed by atoms with Gasteiger partial charge in [0.05, 0.1) is 0 Å². The Balaban J connectivity index is 4.28. The van der Waals surface area contributed by atoms with Gasteiger partial charge in [0, 0.05) is 12.6 Å². The highest BCUT2D eigenvalue weighted by Crippen LogP contribution is 2.09. The number of rotatable bonds is 8. The summed E-state index contributed by atoms with van der Waals surface area (Å²) in [5.74, 6) is -0.936. The second-order valence-electron chi connectivity index (χ2n) is 4.99. The first-order valence-electron chi connectivity index (χ1n) is 6.07. The molecule has 0 aromatic rings. The molecule has 96 valence electrons. The fraction of sp³-hybridized carbons (Fsp3) is 0.917. The Bertz CT molecular complexity index is 215. The van der Waals surface area contributed by atoms with E-state index in [1.165, 1.54) is 12.8 Å². The summed E-state index contributed by atoms with van der Waals surface area (Å²) in [7, 11) is 0. The van der Waals surface area contributed by atoms with Crippen molar-refractivity contribution >= 4 is 5.97 Å². The minimum absolute atomic E-state index is 0.332. The van der Waals surface area contributed by atoms with Crippen LogP contribution < -0.4 is 5.73 Å². The molecule has 0 aliphatic rings. The van der Waals surface area contributed by atoms with Gasteiger partial charge >= 0.3 is 5.97 Å². The van der Waals surface area contributed by atoms with Crippen LogP contribution in [0, 0.1) is 0 Å². The average Bonchev–Trinajstić information content (AvgIpc) is 2.16. The van der Waals surface area contributed by atoms with Crippen molar-refractivity contribution in [1.82, 2.24) is 4.90 Å². The average molecular weight is 230 g/mol. The van der Waals surface area contributed by atoms with Crippen LogP contribution >= 0.6 is 0 Å². The van der Waals surface area contributed by atoms with Gasteiger partial charge < -0.3 is 10.8 Å². The van der Waals surface area contributed by atoms with Crippen molar-refractivity contribution in [2.75, 3.05) is 13.1 Å². The van der Waals surface area contributed by atoms with Gasteiger partial charge in [-0.25, -0.2) is 0 Å². The number of carboxylic acids is 1. The van der Waals surface area contributed by atoms with Crippen LogP contribution in [0.25, 0.3) is 0 Å². The summed E-state index contributed by atoms with van der Waals surface area (Å²) in [4.78, 5) is 13.1. The third-order valence-corrected chi connectivity index (χ3v) is 2.80. The van der Waals surface area contributed by atoms with Crippen molar-refractivity contribution in [3.63, 3.8) is 0 Å². The fourth-order valence-electron chi connectivity index (χ4n) is 1.57. The first kappa shape index (κ1) is 15.4. The SMILES string of the molecule is CCCCCN(CC(C)(N)C(=O)O)C(C)C. The van der Waals surface area contributed by atoms with Gasteiger partial charge in [0.2, 0.25) is 0 Å². The van der Waals surface area contributed by atoms with E-state index >= 15 is 0 Å². The van der Waals surface area contributed by atoms with Crippen LogP contribution in [0.2, 0.25) is 0 Å². The van der Waals surface area contributed by atoms with Crippen LogP contribution in [-0.2, 0) is 4.79 Å². The number of aliphatic carboxylic acids is 1. The third kappa shape index (κ3) is 5.47. The highest BCUT2D eigenvalue weighted by atomic mass is 16.4. The Kier molecular flexibility index (Phi) is 6.60. The van der Waals surface area contributed by atoms with E-state index in [0.29, 0.717) is 12.6 Å². The molecule has 0 aliphatic carbocycles. The summed E-state index contributed by atoms with van der Waals surface area (Å²) in [6.45, 7) is 9.21. The van der Waals surface area contributed by atoms with Crippen LogP contribution in [-0.4, -0.2) is 40.6 Å². The molecule has 4 heteroatoms. The van der Waals surface area contributed by atoms with Gasteiger partial charge in [0.25, 0.3) is 0 Å². The summed E-state index contributed by atoms with van der Waals surface area (Å²) in [5.41, 5.74) is 4.60. The predicted octanol–water partition coefficient (Wildman–Crippen LogP) is 1.69. The highest BCUT2D eigenvalue weighted by molar-refractivity contribution is 5.78. The van der Waals surface area contributed by atoms with E-state index in [0.717, 1.165) is 13.0 Å². The summed E-state index contributed by atoms with van der Waals surface area (Å²) in [5, 5.41) is 8.99. The normalized spacial score (nSPS) is 15.4. The van der Waals surface area contributed by atoms with Gasteiger partial charge in [0.15, 0.2) is 0 Å². The van der Waals surface area contributed by atoms with Crippen molar-refractivity contribution < 1.29 is 9.90 Å². The molecule has 3 N–H and O–H groups in total. The van der Waals surface area contributed by atoms with E-state index in [4.69, 9.17) is 10.8 Å². The van der Waals surface area contributed by atoms with Crippen molar-refractivity contribution in [2.24, 2.45) is 5.73 Å². The van der Waals surface area contributed by atoms with Gasteiger partial charge in [-0.2, -0.15) is 0 Å². The largest absolute Gasteiger partial charge is 0.480 e. The highest BCUT2D eigenvalue weighted by Gasteiger charge is 2.31. The third-order valence-electron chi connectivity index (χ3n) is 2.80. The lowest BCUT2D eigenvalue weighted by Crippen LogP contribution is -2.55. The lowest BCUT2D eigenvalue weighted by atomic mass is 10.0. The zero-order valence-corrected chi connectivity index (χ0v) is 11.0. The van der Waals surface area contributed by atoms with Crippen LogP contribution in [0.5, 0.6) is 0 Å². The number of carbonyl (C=O) groups is 1. The van der Waals surface area contributed by atoms with E-state index in [1.54, 1.807) is 6.92 Å². The molecule has 0 heterocycles. The standard InChI is InChI=1S/C12H26N2O2/c1-5-6-7-8-14(10(2)3)9-12(4,13)11(15)16/h10H,5-9,13H2,1-4H3,(H,15,16). The second kappa shape index (κ2) is 6.86. The number of hydrogen-bond donors (Lipinski definition) is 2. The molecular weight excluding hydrogens is 204 g/mol. The minimum atomic E-state index is -1.16. The molecule has 0 bridgehead atoms. The van der Waals surface area contributed by atoms with Crippen molar-refractivity contribution in [1.29, 1.82) is 0 Å². The Morgan fingerprint density at radius 1 is 1.44 bits per heavy atom. The second-order valence-corrected chi connectivity index (χ2v) is 4.99. The molecule has 0 aromatic heterocycles. The number of unbranched alkanes of at least 4 members (excludes halogenated alkanes) is 2. The summed E-state index contributed by atoms with van der Waals surface area (Å²) >= 11 is 0. The molecule has 0 saturated carbocycles. The predicted molar refractivity (Wildman–Crippen MR) is 66.5 cm³/mol. The molecule has 4 nitrogen and oxygen atoms in total. The molecule has 0 spiro atoms. The maximum atomic E-state index is 11.0. The van der Waals surface area contributed by atoms with Gasteiger partial charge in [-0.3, -0.25) is 9.69 Å². The van der Waals surface area contributed by atoms with Gasteiger partial charge in [-0.1, -0.05) is 19.8 Å². The maximum Gasteiger partial charge on any atom is 0.324 e. The minimum Gasteiger partial charge on any atom is -0.480 e. The topological polar surface area (TPSA) is 66.6 Å². The number of hydrogen-bond acceptors (Lipinski definition) is 3. The van der Waals surface area contributed by atoms with Gasteiger partial charge in [-0.15, -0.1) is 0 Å². The first-order valence-corrected chi connectivity index (χ1v) is 6.07. The molecule has 16 heavy (non-hydrogen) atoms. The number of carboxylic acid groups (broad SMARTS) is 1. The zero-order valence-electron chi connectivity index (χ0n) is 11.0. The van der Waals surface area contributed by atoms with Crippen molar-refractivity contribution in [3.05, 3.63) is 0 Å². The van der Waals surface area contributed by atoms with E-state index in [2.05, 4.69) is 25.7 Å². The molecule has 0 aliphatic heterocycles. The van der Waals surface area contributed by atoms with Crippen LogP contribution in [0.4, 0.5) is 0 Å². The Morgan fingerprint density at radius 2 is 2.00 bits per heavy atom. The Morgan fingerprint density at radius 3 is 2.38 bits per heavy atom. The lowest BCUT2D eigenvalue weighted by molar-refractivity contribution is -0.143. The lowest BCUT2D eigenvalue weighted by Gasteiger charge is -2.32. The van der Waals surface area contributed by atoms with E-state index in [9.17, 15) is 4.79 Å². The van der Waals surface area contributed by atoms with Gasteiger partial charge in [-0.05, 0) is 33.7 Å². The summed E-state index contributed by atoms with van der Waals surface area (Å²) in [6.07, 6.45) is 3.45. The molecule has 0 amide bonds. The number of nitrogens with two attached hydrogens (primary N) is 1. The molecule has 0 saturated heterocycles. The first-order chi connectivity index (χ1) is 7.31. The van der Waals surface area contributed by atoms with Crippen LogP contribution in [0.3, 0.4) is 0 Å². The summed E-state index contributed by atoms with van der Waals surface area (Å²) in [6, 6.07) is 0.332. The monoisotopic (exact) mass is 230 g/mol. The maximum absolute atomic E-state index is 11.0. The quantitative estimate of drug-likeness (QED) is 0.623. The molecule has 0 aromatic carbocycles. The molecule has 0 radical (unpaired) electrons. The molecule has 0 rings (SSSR count). The van der Waals surface area contributed by atoms with E-state index in [1.807, 2.05) is 0 Å². The van der Waals surface area contributed by atoms with Crippen molar-refractivity contribution in [3.8, 4) is 0 Å². The number of nitrogens with zero attached hydrogens (tertiary/aromatic N) is 1. The van der Waals surface area contributed by atoms with E-state index < -0.39 is 11.5 Å².